The van der Waals surface area contributed by atoms with Crippen LogP contribution >= 0.6 is 0 Å². The molecule has 5 N–H and O–H groups in total. The van der Waals surface area contributed by atoms with Gasteiger partial charge in [-0.3, -0.25) is 0 Å². The molecule has 0 unspecified atom stereocenters. The summed E-state index contributed by atoms with van der Waals surface area (Å²) in [6, 6.07) is 0. The van der Waals surface area contributed by atoms with Crippen LogP contribution in [0.4, 0.5) is 0 Å². The molecule has 0 amide bonds. The zero-order valence-corrected chi connectivity index (χ0v) is 14.8. The van der Waals surface area contributed by atoms with E-state index in [9.17, 15) is 0 Å². The molecule has 9 heteroatoms. The number of carboxylic acids is 2. The van der Waals surface area contributed by atoms with E-state index < -0.39 is 11.9 Å². The Morgan fingerprint density at radius 3 is 1.29 bits per heavy atom. The quantitative estimate of drug-likeness (QED) is 0.428. The number of unbranched alkanes of at least 4 members (excludes halogenated alkanes) is 1. The van der Waals surface area contributed by atoms with E-state index in [-0.39, 0.29) is 72.2 Å². The minimum atomic E-state index is -1.22. The van der Waals surface area contributed by atoms with Crippen LogP contribution in [0.5, 0.6) is 0 Å². The minimum absolute atomic E-state index is 0. The van der Waals surface area contributed by atoms with Crippen molar-refractivity contribution in [3.8, 4) is 0 Å². The second kappa shape index (κ2) is 30.1. The number of aliphatic carboxylic acids is 2. The van der Waals surface area contributed by atoms with Crippen molar-refractivity contribution < 1.29 is 84.0 Å². The number of carbonyl (C=O) groups excluding carboxylic acids is 2. The molecule has 0 aliphatic heterocycles. The summed E-state index contributed by atoms with van der Waals surface area (Å²) < 4.78 is 0. The third-order valence-electron chi connectivity index (χ3n) is 0.845. The number of hydrogen-bond acceptors (Lipinski definition) is 7. The molecule has 0 bridgehead atoms. The van der Waals surface area contributed by atoms with Crippen LogP contribution in [0.1, 0.15) is 19.8 Å². The molecule has 0 fully saturated rings. The van der Waals surface area contributed by atoms with E-state index in [0.29, 0.717) is 6.61 Å². The molecule has 0 aliphatic rings. The predicted octanol–water partition coefficient (Wildman–Crippen LogP) is -9.82. The second-order valence-corrected chi connectivity index (χ2v) is 2.23. The first-order valence-electron chi connectivity index (χ1n) is 4.36. The standard InChI is InChI=1S/C4H10O.2C2H5NO2.2Na/c1-2-3-4-5;2*3-1-2(4)5;;/h5H,2-4H2,1H3;2*1,3H2,(H,4,5);;/q;;;2*+1/p-2. The average molecular weight is 268 g/mol. The minimum Gasteiger partial charge on any atom is -0.549 e. The van der Waals surface area contributed by atoms with Gasteiger partial charge >= 0.3 is 59.1 Å². The SMILES string of the molecule is CCCCO.NCC(=O)[O-].NCC(=O)[O-].[Na+].[Na+]. The van der Waals surface area contributed by atoms with Gasteiger partial charge < -0.3 is 36.4 Å². The van der Waals surface area contributed by atoms with Crippen molar-refractivity contribution >= 4 is 11.9 Å². The molecule has 0 atom stereocenters. The molecule has 0 aliphatic carbocycles. The fraction of sp³-hybridized carbons (Fsp3) is 0.750. The van der Waals surface area contributed by atoms with Gasteiger partial charge in [-0.1, -0.05) is 13.3 Å². The third-order valence-corrected chi connectivity index (χ3v) is 0.845. The summed E-state index contributed by atoms with van der Waals surface area (Å²) in [5, 5.41) is 26.3. The molecule has 0 spiro atoms. The molecule has 0 saturated carbocycles. The molecule has 17 heavy (non-hydrogen) atoms. The van der Waals surface area contributed by atoms with Gasteiger partial charge in [0.05, 0.1) is 11.9 Å². The number of aliphatic hydroxyl groups excluding tert-OH is 1. The molecule has 0 radical (unpaired) electrons. The zero-order valence-electron chi connectivity index (χ0n) is 10.8. The van der Waals surface area contributed by atoms with Crippen LogP contribution in [-0.4, -0.2) is 36.7 Å². The Hall–Kier alpha value is 0.820. The Balaban J connectivity index is -0.0000000400. The fourth-order valence-electron chi connectivity index (χ4n) is 0.158. The van der Waals surface area contributed by atoms with E-state index in [2.05, 4.69) is 18.4 Å². The first kappa shape index (κ1) is 30.7. The van der Waals surface area contributed by atoms with Crippen LogP contribution in [0.3, 0.4) is 0 Å². The molecular formula is C8H18N2Na2O5. The van der Waals surface area contributed by atoms with Crippen LogP contribution in [0.25, 0.3) is 0 Å². The molecule has 0 aromatic carbocycles. The van der Waals surface area contributed by atoms with E-state index >= 15 is 0 Å². The molecule has 0 aromatic heterocycles. The van der Waals surface area contributed by atoms with Crippen LogP contribution in [0.15, 0.2) is 0 Å². The van der Waals surface area contributed by atoms with Gasteiger partial charge in [-0.2, -0.15) is 0 Å². The smallest absolute Gasteiger partial charge is 0.549 e. The first-order chi connectivity index (χ1) is 6.95. The Kier molecular flexibility index (Phi) is 54.4. The van der Waals surface area contributed by atoms with Gasteiger partial charge in [0.1, 0.15) is 0 Å². The topological polar surface area (TPSA) is 153 Å². The van der Waals surface area contributed by atoms with Crippen LogP contribution in [0.2, 0.25) is 0 Å². The summed E-state index contributed by atoms with van der Waals surface area (Å²) in [5.74, 6) is -2.44. The van der Waals surface area contributed by atoms with Gasteiger partial charge in [-0.15, -0.1) is 0 Å². The van der Waals surface area contributed by atoms with E-state index in [4.69, 9.17) is 24.9 Å². The van der Waals surface area contributed by atoms with Crippen molar-refractivity contribution in [2.24, 2.45) is 11.5 Å². The average Bonchev–Trinajstić information content (AvgIpc) is 2.20. The molecule has 0 heterocycles. The molecule has 0 rings (SSSR count). The van der Waals surface area contributed by atoms with Crippen molar-refractivity contribution in [2.75, 3.05) is 19.7 Å². The Morgan fingerprint density at radius 2 is 1.29 bits per heavy atom. The van der Waals surface area contributed by atoms with Crippen molar-refractivity contribution in [2.45, 2.75) is 19.8 Å². The maximum Gasteiger partial charge on any atom is 1.00 e. The summed E-state index contributed by atoms with van der Waals surface area (Å²) in [6.07, 6.45) is 2.04. The number of nitrogens with two attached hydrogens (primary N) is 2. The molecule has 7 nitrogen and oxygen atoms in total. The van der Waals surface area contributed by atoms with Crippen molar-refractivity contribution in [1.82, 2.24) is 0 Å². The summed E-state index contributed by atoms with van der Waals surface area (Å²) in [7, 11) is 0. The maximum atomic E-state index is 9.13. The van der Waals surface area contributed by atoms with Gasteiger partial charge in [0.25, 0.3) is 0 Å². The number of carboxylic acid groups (broad SMARTS) is 2. The van der Waals surface area contributed by atoms with Crippen molar-refractivity contribution in [1.29, 1.82) is 0 Å². The number of hydrogen-bond donors (Lipinski definition) is 3. The van der Waals surface area contributed by atoms with Crippen molar-refractivity contribution in [3.05, 3.63) is 0 Å². The normalized spacial score (nSPS) is 6.82. The van der Waals surface area contributed by atoms with E-state index in [1.54, 1.807) is 0 Å². The number of rotatable bonds is 4. The largest absolute Gasteiger partial charge is 1.00 e. The summed E-state index contributed by atoms with van der Waals surface area (Å²) in [4.78, 5) is 18.3. The van der Waals surface area contributed by atoms with E-state index in [0.717, 1.165) is 12.8 Å². The number of aliphatic hydroxyl groups is 1. The second-order valence-electron chi connectivity index (χ2n) is 2.23. The fourth-order valence-corrected chi connectivity index (χ4v) is 0.158. The van der Waals surface area contributed by atoms with E-state index in [1.807, 2.05) is 0 Å². The molecule has 0 aromatic rings. The van der Waals surface area contributed by atoms with Gasteiger partial charge in [0, 0.05) is 19.7 Å². The predicted molar refractivity (Wildman–Crippen MR) is 50.1 cm³/mol. The third kappa shape index (κ3) is 79.4. The zero-order chi connectivity index (χ0) is 12.7. The molecule has 92 valence electrons. The van der Waals surface area contributed by atoms with Gasteiger partial charge in [-0.25, -0.2) is 0 Å². The van der Waals surface area contributed by atoms with Crippen LogP contribution in [-0.2, 0) is 9.59 Å². The van der Waals surface area contributed by atoms with Gasteiger partial charge in [0.15, 0.2) is 0 Å². The van der Waals surface area contributed by atoms with Gasteiger partial charge in [-0.05, 0) is 6.42 Å². The Morgan fingerprint density at radius 1 is 1.06 bits per heavy atom. The molecular weight excluding hydrogens is 250 g/mol. The summed E-state index contributed by atoms with van der Waals surface area (Å²) in [6.45, 7) is 1.62. The Bertz CT molecular complexity index is 145. The molecule has 0 saturated heterocycles. The summed E-state index contributed by atoms with van der Waals surface area (Å²) >= 11 is 0. The van der Waals surface area contributed by atoms with Crippen LogP contribution < -0.4 is 80.8 Å². The van der Waals surface area contributed by atoms with Crippen molar-refractivity contribution in [3.63, 3.8) is 0 Å². The van der Waals surface area contributed by atoms with Crippen LogP contribution in [0, 0.1) is 0 Å². The van der Waals surface area contributed by atoms with E-state index in [1.165, 1.54) is 0 Å². The van der Waals surface area contributed by atoms with Gasteiger partial charge in [0.2, 0.25) is 0 Å². The maximum absolute atomic E-state index is 9.13. The number of carbonyl (C=O) groups is 2. The monoisotopic (exact) mass is 268 g/mol. The Labute approximate surface area is 146 Å². The summed E-state index contributed by atoms with van der Waals surface area (Å²) in [5.41, 5.74) is 9.02. The first-order valence-corrected chi connectivity index (χ1v) is 4.36.